The van der Waals surface area contributed by atoms with Crippen molar-refractivity contribution >= 4 is 28.5 Å². The van der Waals surface area contributed by atoms with Gasteiger partial charge in [0.25, 0.3) is 0 Å². The first kappa shape index (κ1) is 24.2. The van der Waals surface area contributed by atoms with Crippen LogP contribution in [0.15, 0.2) is 30.3 Å². The number of anilines is 1. The molecule has 8 heteroatoms. The lowest BCUT2D eigenvalue weighted by Crippen LogP contribution is -2.19. The predicted molar refractivity (Wildman–Crippen MR) is 128 cm³/mol. The third kappa shape index (κ3) is 4.53. The molecule has 0 fully saturated rings. The van der Waals surface area contributed by atoms with Crippen LogP contribution in [0.5, 0.6) is 5.75 Å². The number of fused-ring (bicyclic) bond motifs is 1. The Morgan fingerprint density at radius 1 is 1.15 bits per heavy atom. The summed E-state index contributed by atoms with van der Waals surface area (Å²) in [4.78, 5) is 25.3. The number of nitriles is 1. The molecule has 0 amide bonds. The summed E-state index contributed by atoms with van der Waals surface area (Å²) < 4.78 is 17.2. The van der Waals surface area contributed by atoms with Crippen LogP contribution in [0.2, 0.25) is 0 Å². The predicted octanol–water partition coefficient (Wildman–Crippen LogP) is 3.82. The van der Waals surface area contributed by atoms with Gasteiger partial charge < -0.3 is 24.5 Å². The van der Waals surface area contributed by atoms with Crippen LogP contribution in [-0.4, -0.2) is 36.3 Å². The van der Waals surface area contributed by atoms with Gasteiger partial charge in [0.1, 0.15) is 25.0 Å². The molecule has 1 aromatic heterocycles. The minimum absolute atomic E-state index is 0.00206. The first-order valence-electron chi connectivity index (χ1n) is 10.7. The summed E-state index contributed by atoms with van der Waals surface area (Å²) >= 11 is 0. The average molecular weight is 460 g/mol. The Bertz CT molecular complexity index is 1320. The highest BCUT2D eigenvalue weighted by Gasteiger charge is 2.28. The fourth-order valence-corrected chi connectivity index (χ4v) is 3.94. The summed E-state index contributed by atoms with van der Waals surface area (Å²) in [5.41, 5.74) is 9.57. The molecule has 2 N–H and O–H groups in total. The summed E-state index contributed by atoms with van der Waals surface area (Å²) in [6, 6.07) is 11.1. The van der Waals surface area contributed by atoms with Crippen LogP contribution < -0.4 is 10.5 Å². The third-order valence-electron chi connectivity index (χ3n) is 5.21. The minimum atomic E-state index is -0.689. The number of hydrogen-bond donors (Lipinski definition) is 1. The molecule has 0 aliphatic heterocycles. The standard InChI is InChI=1S/C26H25N3O5/c1-5-12-34-19-10-8-17(9-11-19)21-16(4)13-18(14-27)24-22(21)23(28)25(26(31)33-7-3)29(24)15-20(30)32-6-2/h1,8-11,13H,6-7,12,15,28H2,2-4H3. The van der Waals surface area contributed by atoms with Crippen LogP contribution in [-0.2, 0) is 20.8 Å². The van der Waals surface area contributed by atoms with Crippen molar-refractivity contribution in [2.24, 2.45) is 0 Å². The highest BCUT2D eigenvalue weighted by Crippen LogP contribution is 2.41. The first-order chi connectivity index (χ1) is 16.4. The number of benzene rings is 2. The molecule has 0 spiro atoms. The van der Waals surface area contributed by atoms with E-state index in [0.29, 0.717) is 16.7 Å². The van der Waals surface area contributed by atoms with E-state index in [4.69, 9.17) is 26.4 Å². The zero-order valence-electron chi connectivity index (χ0n) is 19.3. The zero-order valence-corrected chi connectivity index (χ0v) is 19.3. The van der Waals surface area contributed by atoms with Crippen LogP contribution in [0.25, 0.3) is 22.0 Å². The largest absolute Gasteiger partial charge is 0.481 e. The Kier molecular flexibility index (Phi) is 7.45. The number of rotatable bonds is 8. The van der Waals surface area contributed by atoms with E-state index < -0.39 is 11.9 Å². The summed E-state index contributed by atoms with van der Waals surface area (Å²) in [5.74, 6) is 1.77. The molecule has 8 nitrogen and oxygen atoms in total. The number of nitrogens with two attached hydrogens (primary N) is 1. The molecule has 0 saturated heterocycles. The zero-order chi connectivity index (χ0) is 24.8. The van der Waals surface area contributed by atoms with Crippen LogP contribution in [0.4, 0.5) is 5.69 Å². The monoisotopic (exact) mass is 459 g/mol. The van der Waals surface area contributed by atoms with Gasteiger partial charge in [-0.25, -0.2) is 4.79 Å². The lowest BCUT2D eigenvalue weighted by Gasteiger charge is -2.13. The highest BCUT2D eigenvalue weighted by atomic mass is 16.5. The maximum absolute atomic E-state index is 12.9. The SMILES string of the molecule is C#CCOc1ccc(-c2c(C)cc(C#N)c3c2c(N)c(C(=O)OCC)n3CC(=O)OCC)cc1. The topological polar surface area (TPSA) is 117 Å². The molecule has 3 rings (SSSR count). The Balaban J connectivity index is 2.34. The number of aromatic nitrogens is 1. The molecule has 0 atom stereocenters. The van der Waals surface area contributed by atoms with Crippen LogP contribution in [0, 0.1) is 30.6 Å². The van der Waals surface area contributed by atoms with E-state index >= 15 is 0 Å². The van der Waals surface area contributed by atoms with Gasteiger partial charge in [-0.2, -0.15) is 5.26 Å². The number of nitrogen functional groups attached to an aromatic ring is 1. The Labute approximate surface area is 197 Å². The second-order valence-electron chi connectivity index (χ2n) is 7.34. The van der Waals surface area contributed by atoms with E-state index in [-0.39, 0.29) is 43.3 Å². The molecule has 1 heterocycles. The van der Waals surface area contributed by atoms with E-state index in [1.165, 1.54) is 4.57 Å². The summed E-state index contributed by atoms with van der Waals surface area (Å²) in [5, 5.41) is 10.4. The summed E-state index contributed by atoms with van der Waals surface area (Å²) in [6.45, 7) is 5.35. The molecule has 0 saturated carbocycles. The van der Waals surface area contributed by atoms with Crippen molar-refractivity contribution in [1.29, 1.82) is 5.26 Å². The Morgan fingerprint density at radius 2 is 1.82 bits per heavy atom. The lowest BCUT2D eigenvalue weighted by molar-refractivity contribution is -0.143. The van der Waals surface area contributed by atoms with Crippen LogP contribution in [0.3, 0.4) is 0 Å². The van der Waals surface area contributed by atoms with Crippen LogP contribution in [0.1, 0.15) is 35.5 Å². The van der Waals surface area contributed by atoms with Crippen LogP contribution >= 0.6 is 0 Å². The fourth-order valence-electron chi connectivity index (χ4n) is 3.94. The van der Waals surface area contributed by atoms with Gasteiger partial charge in [-0.1, -0.05) is 18.1 Å². The van der Waals surface area contributed by atoms with E-state index in [1.807, 2.05) is 19.1 Å². The van der Waals surface area contributed by atoms with E-state index in [9.17, 15) is 14.9 Å². The van der Waals surface area contributed by atoms with Gasteiger partial charge in [-0.3, -0.25) is 4.79 Å². The fraction of sp³-hybridized carbons (Fsp3) is 0.269. The van der Waals surface area contributed by atoms with Crippen molar-refractivity contribution in [2.75, 3.05) is 25.6 Å². The number of hydrogen-bond acceptors (Lipinski definition) is 7. The van der Waals surface area contributed by atoms with Gasteiger partial charge in [-0.05, 0) is 55.7 Å². The summed E-state index contributed by atoms with van der Waals surface area (Å²) in [7, 11) is 0. The Morgan fingerprint density at radius 3 is 2.41 bits per heavy atom. The second-order valence-corrected chi connectivity index (χ2v) is 7.34. The second kappa shape index (κ2) is 10.5. The number of nitrogens with zero attached hydrogens (tertiary/aromatic N) is 2. The molecule has 0 unspecified atom stereocenters. The van der Waals surface area contributed by atoms with Crippen molar-refractivity contribution in [3.63, 3.8) is 0 Å². The number of esters is 2. The van der Waals surface area contributed by atoms with Crippen molar-refractivity contribution < 1.29 is 23.8 Å². The summed E-state index contributed by atoms with van der Waals surface area (Å²) in [6.07, 6.45) is 5.25. The van der Waals surface area contributed by atoms with Gasteiger partial charge in [0.15, 0.2) is 5.69 Å². The van der Waals surface area contributed by atoms with Gasteiger partial charge in [0.2, 0.25) is 0 Å². The van der Waals surface area contributed by atoms with Gasteiger partial charge >= 0.3 is 11.9 Å². The molecule has 3 aromatic rings. The lowest BCUT2D eigenvalue weighted by atomic mass is 9.93. The molecular weight excluding hydrogens is 434 g/mol. The maximum atomic E-state index is 12.9. The molecule has 2 aromatic carbocycles. The maximum Gasteiger partial charge on any atom is 0.357 e. The molecule has 0 radical (unpaired) electrons. The molecular formula is C26H25N3O5. The quantitative estimate of drug-likeness (QED) is 0.402. The number of carbonyl (C=O) groups excluding carboxylic acids is 2. The van der Waals surface area contributed by atoms with Crippen molar-refractivity contribution in [3.05, 3.63) is 47.2 Å². The smallest absolute Gasteiger partial charge is 0.357 e. The number of aryl methyl sites for hydroxylation is 1. The number of ether oxygens (including phenoxy) is 3. The Hall–Kier alpha value is -4.43. The van der Waals surface area contributed by atoms with Gasteiger partial charge in [0, 0.05) is 5.39 Å². The molecule has 0 aliphatic carbocycles. The number of terminal acetylenes is 1. The van der Waals surface area contributed by atoms with Gasteiger partial charge in [-0.15, -0.1) is 6.42 Å². The average Bonchev–Trinajstić information content (AvgIpc) is 3.09. The van der Waals surface area contributed by atoms with Crippen molar-refractivity contribution in [1.82, 2.24) is 4.57 Å². The molecule has 34 heavy (non-hydrogen) atoms. The highest BCUT2D eigenvalue weighted by molar-refractivity contribution is 6.14. The minimum Gasteiger partial charge on any atom is -0.481 e. The van der Waals surface area contributed by atoms with Crippen molar-refractivity contribution in [2.45, 2.75) is 27.3 Å². The molecule has 0 aliphatic rings. The van der Waals surface area contributed by atoms with Gasteiger partial charge in [0.05, 0.1) is 30.0 Å². The van der Waals surface area contributed by atoms with Crippen molar-refractivity contribution in [3.8, 4) is 35.3 Å². The normalized spacial score (nSPS) is 10.4. The van der Waals surface area contributed by atoms with E-state index in [2.05, 4.69) is 12.0 Å². The molecule has 0 bridgehead atoms. The third-order valence-corrected chi connectivity index (χ3v) is 5.21. The molecule has 174 valence electrons. The van der Waals surface area contributed by atoms with E-state index in [0.717, 1.165) is 16.7 Å². The number of carbonyl (C=O) groups is 2. The van der Waals surface area contributed by atoms with E-state index in [1.54, 1.807) is 32.0 Å². The first-order valence-corrected chi connectivity index (χ1v) is 10.7.